The summed E-state index contributed by atoms with van der Waals surface area (Å²) in [5.41, 5.74) is 4.57. The second kappa shape index (κ2) is 17.5. The van der Waals surface area contributed by atoms with E-state index in [0.29, 0.717) is 38.1 Å². The third kappa shape index (κ3) is 9.87. The highest BCUT2D eigenvalue weighted by atomic mass is 19.3. The molecule has 7 atom stereocenters. The highest BCUT2D eigenvalue weighted by Crippen LogP contribution is 2.60. The fourth-order valence-corrected chi connectivity index (χ4v) is 9.18. The predicted octanol–water partition coefficient (Wildman–Crippen LogP) is 11.8. The standard InChI is InChI=1S/C45H62F2O4/c1-8-48-34(4)51-43(5,6)45(46,47)27-25-32(2)40-23-24-41-37(20-15-26-44(40,41)7)21-22-38-28-39(49-30-35-16-11-9-12-17-35)29-42(33(38)3)50-31-36-18-13-10-14-19-36/h9-14,16-19,21-22,32,34,39-42H,3,8,15,20,23-31H2,1-2,4-7H3/t32-,34?,39+,40-,41+,42-,44-/m1/s1. The molecule has 3 fully saturated rings. The van der Waals surface area contributed by atoms with E-state index in [4.69, 9.17) is 18.9 Å². The predicted molar refractivity (Wildman–Crippen MR) is 202 cm³/mol. The van der Waals surface area contributed by atoms with Crippen molar-refractivity contribution >= 4 is 0 Å². The molecule has 0 bridgehead atoms. The van der Waals surface area contributed by atoms with E-state index in [1.165, 1.54) is 30.6 Å². The van der Waals surface area contributed by atoms with Gasteiger partial charge in [-0.1, -0.05) is 98.8 Å². The molecule has 280 valence electrons. The molecule has 51 heavy (non-hydrogen) atoms. The van der Waals surface area contributed by atoms with Gasteiger partial charge in [-0.3, -0.25) is 0 Å². The van der Waals surface area contributed by atoms with Gasteiger partial charge in [0, 0.05) is 19.4 Å². The molecule has 0 N–H and O–H groups in total. The summed E-state index contributed by atoms with van der Waals surface area (Å²) in [4.78, 5) is 0. The minimum atomic E-state index is -2.96. The van der Waals surface area contributed by atoms with Crippen LogP contribution in [0.25, 0.3) is 0 Å². The van der Waals surface area contributed by atoms with E-state index in [-0.39, 0.29) is 30.0 Å². The summed E-state index contributed by atoms with van der Waals surface area (Å²) in [5.74, 6) is -1.87. The van der Waals surface area contributed by atoms with Crippen molar-refractivity contribution in [1.29, 1.82) is 0 Å². The fraction of sp³-hybridized carbons (Fsp3) is 0.600. The number of halogens is 2. The second-order valence-electron chi connectivity index (χ2n) is 16.1. The van der Waals surface area contributed by atoms with Crippen molar-refractivity contribution in [3.05, 3.63) is 107 Å². The molecule has 0 aromatic heterocycles. The Hall–Kier alpha value is -2.64. The Bertz CT molecular complexity index is 1470. The topological polar surface area (TPSA) is 36.9 Å². The lowest BCUT2D eigenvalue weighted by Gasteiger charge is -2.45. The lowest BCUT2D eigenvalue weighted by Crippen LogP contribution is -2.48. The molecule has 0 saturated heterocycles. The SMILES string of the molecule is C=C1C(=CC=C2CCC[C@]3(C)[C@@H]([C@H](C)CCC(F)(F)C(C)(C)OC(C)OCC)CC[C@@H]23)C[C@H](OCc2ccccc2)C[C@H]1OCc1ccccc1. The van der Waals surface area contributed by atoms with Gasteiger partial charge in [-0.05, 0) is 118 Å². The lowest BCUT2D eigenvalue weighted by molar-refractivity contribution is -0.264. The molecule has 1 unspecified atom stereocenters. The molecule has 3 saturated carbocycles. The number of benzene rings is 2. The molecule has 2 aromatic rings. The van der Waals surface area contributed by atoms with Gasteiger partial charge in [0.25, 0.3) is 5.92 Å². The molecule has 0 aliphatic heterocycles. The van der Waals surface area contributed by atoms with Crippen molar-refractivity contribution in [1.82, 2.24) is 0 Å². The van der Waals surface area contributed by atoms with Crippen LogP contribution >= 0.6 is 0 Å². The van der Waals surface area contributed by atoms with Gasteiger partial charge in [-0.2, -0.15) is 0 Å². The molecule has 3 aliphatic carbocycles. The van der Waals surface area contributed by atoms with Crippen molar-refractivity contribution < 1.29 is 27.7 Å². The molecule has 2 aromatic carbocycles. The first-order valence-corrected chi connectivity index (χ1v) is 19.4. The minimum absolute atomic E-state index is 0.0327. The minimum Gasteiger partial charge on any atom is -0.373 e. The molecular formula is C45H62F2O4. The summed E-state index contributed by atoms with van der Waals surface area (Å²) in [5, 5.41) is 0. The van der Waals surface area contributed by atoms with Crippen LogP contribution in [0.5, 0.6) is 0 Å². The zero-order chi connectivity index (χ0) is 36.6. The summed E-state index contributed by atoms with van der Waals surface area (Å²) < 4.78 is 55.2. The van der Waals surface area contributed by atoms with E-state index in [0.717, 1.165) is 56.1 Å². The average molecular weight is 705 g/mol. The highest BCUT2D eigenvalue weighted by molar-refractivity contribution is 5.39. The third-order valence-electron chi connectivity index (χ3n) is 12.2. The quantitative estimate of drug-likeness (QED) is 0.163. The Morgan fingerprint density at radius 3 is 2.24 bits per heavy atom. The monoisotopic (exact) mass is 704 g/mol. The summed E-state index contributed by atoms with van der Waals surface area (Å²) in [6.07, 6.45) is 11.4. The van der Waals surface area contributed by atoms with Gasteiger partial charge >= 0.3 is 0 Å². The van der Waals surface area contributed by atoms with Gasteiger partial charge in [0.2, 0.25) is 0 Å². The maximum absolute atomic E-state index is 15.6. The third-order valence-corrected chi connectivity index (χ3v) is 12.2. The van der Waals surface area contributed by atoms with Crippen LogP contribution in [-0.2, 0) is 32.2 Å². The van der Waals surface area contributed by atoms with Crippen LogP contribution < -0.4 is 0 Å². The highest BCUT2D eigenvalue weighted by Gasteiger charge is 2.52. The van der Waals surface area contributed by atoms with Gasteiger partial charge in [0.15, 0.2) is 6.29 Å². The second-order valence-corrected chi connectivity index (χ2v) is 16.1. The smallest absolute Gasteiger partial charge is 0.276 e. The Kier molecular flexibility index (Phi) is 13.5. The molecule has 6 heteroatoms. The van der Waals surface area contributed by atoms with Crippen molar-refractivity contribution in [2.75, 3.05) is 6.61 Å². The molecule has 4 nitrogen and oxygen atoms in total. The van der Waals surface area contributed by atoms with Crippen LogP contribution in [0.15, 0.2) is 96.1 Å². The van der Waals surface area contributed by atoms with E-state index in [9.17, 15) is 0 Å². The lowest BCUT2D eigenvalue weighted by atomic mass is 9.60. The van der Waals surface area contributed by atoms with E-state index in [2.05, 4.69) is 56.8 Å². The molecule has 0 radical (unpaired) electrons. The number of alkyl halides is 2. The Morgan fingerprint density at radius 2 is 1.59 bits per heavy atom. The van der Waals surface area contributed by atoms with Crippen LogP contribution in [0.3, 0.4) is 0 Å². The molecule has 0 spiro atoms. The first kappa shape index (κ1) is 39.6. The fourth-order valence-electron chi connectivity index (χ4n) is 9.18. The first-order valence-electron chi connectivity index (χ1n) is 19.4. The van der Waals surface area contributed by atoms with Crippen LogP contribution in [0.2, 0.25) is 0 Å². The van der Waals surface area contributed by atoms with E-state index in [1.807, 2.05) is 43.3 Å². The Morgan fingerprint density at radius 1 is 0.941 bits per heavy atom. The maximum Gasteiger partial charge on any atom is 0.276 e. The Balaban J connectivity index is 1.27. The number of rotatable bonds is 16. The molecular weight excluding hydrogens is 642 g/mol. The van der Waals surface area contributed by atoms with E-state index >= 15 is 8.78 Å². The van der Waals surface area contributed by atoms with Gasteiger partial charge < -0.3 is 18.9 Å². The molecule has 0 amide bonds. The molecule has 0 heterocycles. The zero-order valence-electron chi connectivity index (χ0n) is 32.0. The summed E-state index contributed by atoms with van der Waals surface area (Å²) in [7, 11) is 0. The van der Waals surface area contributed by atoms with Crippen LogP contribution in [0.4, 0.5) is 8.78 Å². The average Bonchev–Trinajstić information content (AvgIpc) is 3.47. The van der Waals surface area contributed by atoms with Crippen LogP contribution in [0, 0.1) is 23.2 Å². The van der Waals surface area contributed by atoms with E-state index in [1.54, 1.807) is 6.92 Å². The normalized spacial score (nSPS) is 28.6. The summed E-state index contributed by atoms with van der Waals surface area (Å²) in [6.45, 7) is 17.2. The van der Waals surface area contributed by atoms with Crippen molar-refractivity contribution in [2.24, 2.45) is 23.2 Å². The van der Waals surface area contributed by atoms with Crippen molar-refractivity contribution in [3.63, 3.8) is 0 Å². The number of allylic oxidation sites excluding steroid dienone is 3. The first-order chi connectivity index (χ1) is 24.3. The van der Waals surface area contributed by atoms with Gasteiger partial charge in [-0.25, -0.2) is 8.78 Å². The zero-order valence-corrected chi connectivity index (χ0v) is 32.0. The number of hydrogen-bond donors (Lipinski definition) is 0. The number of hydrogen-bond acceptors (Lipinski definition) is 4. The summed E-state index contributed by atoms with van der Waals surface area (Å²) in [6, 6.07) is 20.6. The molecule has 5 rings (SSSR count). The van der Waals surface area contributed by atoms with Gasteiger partial charge in [0.1, 0.15) is 5.60 Å². The number of ether oxygens (including phenoxy) is 4. The van der Waals surface area contributed by atoms with E-state index < -0.39 is 17.8 Å². The molecule has 3 aliphatic rings. The van der Waals surface area contributed by atoms with Crippen LogP contribution in [0.1, 0.15) is 110 Å². The Labute approximate surface area is 306 Å². The largest absolute Gasteiger partial charge is 0.373 e. The number of fused-ring (bicyclic) bond motifs is 1. The summed E-state index contributed by atoms with van der Waals surface area (Å²) >= 11 is 0. The van der Waals surface area contributed by atoms with Crippen molar-refractivity contribution in [3.8, 4) is 0 Å². The van der Waals surface area contributed by atoms with Gasteiger partial charge in [0.05, 0.1) is 25.4 Å². The maximum atomic E-state index is 15.6. The van der Waals surface area contributed by atoms with Crippen LogP contribution in [-0.4, -0.2) is 36.6 Å². The van der Waals surface area contributed by atoms with Crippen molar-refractivity contribution in [2.45, 2.75) is 143 Å². The van der Waals surface area contributed by atoms with Gasteiger partial charge in [-0.15, -0.1) is 0 Å².